The summed E-state index contributed by atoms with van der Waals surface area (Å²) in [5.41, 5.74) is 9.67. The van der Waals surface area contributed by atoms with Crippen molar-refractivity contribution >= 4 is 23.5 Å². The molecule has 1 aliphatic carbocycles. The van der Waals surface area contributed by atoms with Crippen molar-refractivity contribution in [3.8, 4) is 22.7 Å². The third kappa shape index (κ3) is 2.96. The summed E-state index contributed by atoms with van der Waals surface area (Å²) >= 11 is 0. The van der Waals surface area contributed by atoms with Gasteiger partial charge in [-0.25, -0.2) is 4.98 Å². The molecule has 3 heterocycles. The largest absolute Gasteiger partial charge is 0.335 e. The molecule has 0 radical (unpaired) electrons. The van der Waals surface area contributed by atoms with Gasteiger partial charge >= 0.3 is 0 Å². The topological polar surface area (TPSA) is 104 Å². The van der Waals surface area contributed by atoms with Crippen molar-refractivity contribution in [1.29, 1.82) is 0 Å². The van der Waals surface area contributed by atoms with Gasteiger partial charge in [-0.1, -0.05) is 53.5 Å². The van der Waals surface area contributed by atoms with Crippen LogP contribution in [0.5, 0.6) is 0 Å². The van der Waals surface area contributed by atoms with Crippen LogP contribution in [0.2, 0.25) is 0 Å². The summed E-state index contributed by atoms with van der Waals surface area (Å²) in [4.78, 5) is 9.25. The zero-order valence-corrected chi connectivity index (χ0v) is 16.2. The average molecular weight is 398 g/mol. The van der Waals surface area contributed by atoms with E-state index in [9.17, 15) is 0 Å². The van der Waals surface area contributed by atoms with Crippen LogP contribution in [-0.2, 0) is 5.54 Å². The van der Waals surface area contributed by atoms with Crippen LogP contribution < -0.4 is 5.73 Å². The predicted octanol–water partition coefficient (Wildman–Crippen LogP) is 4.40. The molecule has 0 spiro atoms. The molecule has 0 unspecified atom stereocenters. The smallest absolute Gasteiger partial charge is 0.259 e. The highest BCUT2D eigenvalue weighted by molar-refractivity contribution is 5.93. The van der Waals surface area contributed by atoms with E-state index in [1.165, 1.54) is 0 Å². The second-order valence-electron chi connectivity index (χ2n) is 7.16. The van der Waals surface area contributed by atoms with Crippen LogP contribution in [-0.4, -0.2) is 20.3 Å². The summed E-state index contributed by atoms with van der Waals surface area (Å²) in [5.74, 6) is 0.980. The second-order valence-corrected chi connectivity index (χ2v) is 7.16. The van der Waals surface area contributed by atoms with Gasteiger partial charge in [0.15, 0.2) is 5.82 Å². The Bertz CT molecular complexity index is 1120. The van der Waals surface area contributed by atoms with Crippen molar-refractivity contribution in [3.63, 3.8) is 0 Å². The van der Waals surface area contributed by atoms with Crippen LogP contribution in [0.4, 0.5) is 0 Å². The average Bonchev–Trinajstić information content (AvgIpc) is 3.43. The lowest BCUT2D eigenvalue weighted by Crippen LogP contribution is -2.34. The molecular formula is C20H20ClN5O2. The molecule has 0 amide bonds. The highest BCUT2D eigenvalue weighted by Gasteiger charge is 2.36. The van der Waals surface area contributed by atoms with E-state index in [0.29, 0.717) is 17.4 Å². The number of rotatable bonds is 3. The number of aryl methyl sites for hydroxylation is 1. The number of pyridine rings is 1. The van der Waals surface area contributed by atoms with Gasteiger partial charge in [-0.3, -0.25) is 0 Å². The van der Waals surface area contributed by atoms with Crippen molar-refractivity contribution < 1.29 is 9.05 Å². The Kier molecular flexibility index (Phi) is 4.64. The molecule has 1 aromatic carbocycles. The first kappa shape index (κ1) is 18.6. The zero-order chi connectivity index (χ0) is 18.4. The summed E-state index contributed by atoms with van der Waals surface area (Å²) in [6.45, 7) is 1.87. The number of nitrogens with zero attached hydrogens (tertiary/aromatic N) is 4. The van der Waals surface area contributed by atoms with Gasteiger partial charge in [0.2, 0.25) is 0 Å². The Morgan fingerprint density at radius 2 is 1.75 bits per heavy atom. The van der Waals surface area contributed by atoms with Crippen LogP contribution in [0.25, 0.3) is 33.8 Å². The minimum Gasteiger partial charge on any atom is -0.335 e. The summed E-state index contributed by atoms with van der Waals surface area (Å²) in [6, 6.07) is 11.8. The maximum absolute atomic E-state index is 6.49. The summed E-state index contributed by atoms with van der Waals surface area (Å²) in [5, 5.41) is 9.03. The fraction of sp³-hybridized carbons (Fsp3) is 0.300. The molecule has 0 saturated heterocycles. The van der Waals surface area contributed by atoms with Crippen molar-refractivity contribution in [2.24, 2.45) is 5.73 Å². The number of hydrogen-bond acceptors (Lipinski definition) is 7. The Balaban J connectivity index is 0.00000192. The Labute approximate surface area is 167 Å². The molecule has 4 aromatic rings. The molecule has 5 rings (SSSR count). The molecule has 2 N–H and O–H groups in total. The van der Waals surface area contributed by atoms with Gasteiger partial charge in [0.05, 0.1) is 27.9 Å². The molecule has 144 valence electrons. The van der Waals surface area contributed by atoms with Gasteiger partial charge < -0.3 is 14.8 Å². The van der Waals surface area contributed by atoms with Crippen LogP contribution in [0.3, 0.4) is 0 Å². The normalized spacial score (nSPS) is 15.6. The summed E-state index contributed by atoms with van der Waals surface area (Å²) in [6.07, 6.45) is 3.92. The second kappa shape index (κ2) is 7.00. The Morgan fingerprint density at radius 1 is 1.00 bits per heavy atom. The fourth-order valence-corrected chi connectivity index (χ4v) is 3.78. The fourth-order valence-electron chi connectivity index (χ4n) is 3.78. The molecule has 0 aliphatic heterocycles. The van der Waals surface area contributed by atoms with E-state index in [-0.39, 0.29) is 12.4 Å². The third-order valence-electron chi connectivity index (χ3n) is 5.28. The molecule has 1 aliphatic rings. The van der Waals surface area contributed by atoms with Crippen molar-refractivity contribution in [3.05, 3.63) is 47.9 Å². The SMILES string of the molecule is Cc1noc2nc(-c3ccccc3)cc(-c3nc(C4(N)CCCC4)no3)c12.Cl. The molecule has 3 aromatic heterocycles. The van der Waals surface area contributed by atoms with Gasteiger partial charge in [-0.2, -0.15) is 4.98 Å². The minimum atomic E-state index is -0.500. The van der Waals surface area contributed by atoms with Crippen LogP contribution in [0.15, 0.2) is 45.4 Å². The van der Waals surface area contributed by atoms with Crippen LogP contribution >= 0.6 is 12.4 Å². The number of fused-ring (bicyclic) bond motifs is 1. The van der Waals surface area contributed by atoms with E-state index in [4.69, 9.17) is 14.8 Å². The number of benzene rings is 1. The van der Waals surface area contributed by atoms with E-state index in [1.807, 2.05) is 43.3 Å². The van der Waals surface area contributed by atoms with E-state index in [2.05, 4.69) is 20.3 Å². The first-order chi connectivity index (χ1) is 13.1. The summed E-state index contributed by atoms with van der Waals surface area (Å²) < 4.78 is 11.0. The number of aromatic nitrogens is 4. The number of halogens is 1. The van der Waals surface area contributed by atoms with E-state index >= 15 is 0 Å². The predicted molar refractivity (Wildman–Crippen MR) is 107 cm³/mol. The van der Waals surface area contributed by atoms with E-state index < -0.39 is 5.54 Å². The van der Waals surface area contributed by atoms with Crippen molar-refractivity contribution in [2.45, 2.75) is 38.1 Å². The molecule has 28 heavy (non-hydrogen) atoms. The first-order valence-electron chi connectivity index (χ1n) is 9.10. The maximum Gasteiger partial charge on any atom is 0.259 e. The van der Waals surface area contributed by atoms with E-state index in [0.717, 1.165) is 53.6 Å². The quantitative estimate of drug-likeness (QED) is 0.546. The minimum absolute atomic E-state index is 0. The highest BCUT2D eigenvalue weighted by Crippen LogP contribution is 2.37. The molecule has 7 nitrogen and oxygen atoms in total. The molecule has 1 saturated carbocycles. The van der Waals surface area contributed by atoms with Crippen LogP contribution in [0.1, 0.15) is 37.2 Å². The lowest BCUT2D eigenvalue weighted by Gasteiger charge is -2.17. The Morgan fingerprint density at radius 3 is 2.50 bits per heavy atom. The lowest BCUT2D eigenvalue weighted by atomic mass is 9.98. The first-order valence-corrected chi connectivity index (χ1v) is 9.10. The Hall–Kier alpha value is -2.77. The van der Waals surface area contributed by atoms with Crippen molar-refractivity contribution in [2.75, 3.05) is 0 Å². The van der Waals surface area contributed by atoms with Gasteiger partial charge in [0, 0.05) is 5.56 Å². The molecular weight excluding hydrogens is 378 g/mol. The van der Waals surface area contributed by atoms with Crippen molar-refractivity contribution in [1.82, 2.24) is 20.3 Å². The molecule has 1 fully saturated rings. The number of nitrogens with two attached hydrogens (primary N) is 1. The third-order valence-corrected chi connectivity index (χ3v) is 5.28. The monoisotopic (exact) mass is 397 g/mol. The van der Waals surface area contributed by atoms with Crippen LogP contribution in [0, 0.1) is 6.92 Å². The lowest BCUT2D eigenvalue weighted by molar-refractivity contribution is 0.373. The van der Waals surface area contributed by atoms with Gasteiger partial charge in [-0.15, -0.1) is 12.4 Å². The van der Waals surface area contributed by atoms with Gasteiger partial charge in [0.1, 0.15) is 0 Å². The van der Waals surface area contributed by atoms with E-state index in [1.54, 1.807) is 0 Å². The molecule has 8 heteroatoms. The standard InChI is InChI=1S/C20H19N5O2.ClH/c1-12-16-14(17-23-19(25-26-17)20(21)9-5-6-10-20)11-15(22-18(16)27-24-12)13-7-3-2-4-8-13;/h2-4,7-8,11H,5-6,9-10,21H2,1H3;1H. The van der Waals surface area contributed by atoms with Gasteiger partial charge in [0.25, 0.3) is 11.6 Å². The maximum atomic E-state index is 6.49. The summed E-state index contributed by atoms with van der Waals surface area (Å²) in [7, 11) is 0. The van der Waals surface area contributed by atoms with Gasteiger partial charge in [-0.05, 0) is 25.8 Å². The molecule has 0 atom stereocenters. The highest BCUT2D eigenvalue weighted by atomic mass is 35.5. The molecule has 0 bridgehead atoms. The number of hydrogen-bond donors (Lipinski definition) is 1. The zero-order valence-electron chi connectivity index (χ0n) is 15.4.